The van der Waals surface area contributed by atoms with E-state index < -0.39 is 4.92 Å². The zero-order chi connectivity index (χ0) is 15.4. The Hall–Kier alpha value is -2.34. The summed E-state index contributed by atoms with van der Waals surface area (Å²) in [5.74, 6) is -0.364. The van der Waals surface area contributed by atoms with Crippen LogP contribution in [0.3, 0.4) is 0 Å². The third-order valence-electron chi connectivity index (χ3n) is 3.00. The smallest absolute Gasteiger partial charge is 0.273 e. The molecule has 6 heteroatoms. The van der Waals surface area contributed by atoms with Gasteiger partial charge in [-0.15, -0.1) is 11.8 Å². The van der Waals surface area contributed by atoms with Crippen LogP contribution in [-0.2, 0) is 0 Å². The molecule has 0 saturated heterocycles. The number of nitrogens with one attached hydrogen (secondary N) is 1. The highest BCUT2D eigenvalue weighted by Gasteiger charge is 2.15. The molecular weight excluding hydrogens is 288 g/mol. The van der Waals surface area contributed by atoms with Crippen molar-refractivity contribution in [3.8, 4) is 0 Å². The third kappa shape index (κ3) is 3.61. The molecule has 0 aliphatic carbocycles. The van der Waals surface area contributed by atoms with Gasteiger partial charge < -0.3 is 5.32 Å². The number of hydrogen-bond donors (Lipinski definition) is 1. The Bertz CT molecular complexity index is 701. The van der Waals surface area contributed by atoms with Crippen LogP contribution < -0.4 is 5.32 Å². The van der Waals surface area contributed by atoms with E-state index in [1.165, 1.54) is 6.07 Å². The van der Waals surface area contributed by atoms with Gasteiger partial charge in [0.15, 0.2) is 0 Å². The molecular formula is C15H14N2O3S. The van der Waals surface area contributed by atoms with Crippen LogP contribution in [0.2, 0.25) is 0 Å². The van der Waals surface area contributed by atoms with Crippen molar-refractivity contribution < 1.29 is 9.72 Å². The number of hydrogen-bond acceptors (Lipinski definition) is 4. The van der Waals surface area contributed by atoms with Gasteiger partial charge in [0.05, 0.1) is 4.92 Å². The third-order valence-corrected chi connectivity index (χ3v) is 3.72. The van der Waals surface area contributed by atoms with E-state index in [0.29, 0.717) is 11.3 Å². The van der Waals surface area contributed by atoms with Gasteiger partial charge in [-0.1, -0.05) is 12.1 Å². The Labute approximate surface area is 126 Å². The van der Waals surface area contributed by atoms with Gasteiger partial charge in [0.2, 0.25) is 0 Å². The van der Waals surface area contributed by atoms with Crippen LogP contribution in [-0.4, -0.2) is 17.1 Å². The van der Waals surface area contributed by atoms with Crippen LogP contribution >= 0.6 is 11.8 Å². The number of rotatable bonds is 4. The fourth-order valence-corrected chi connectivity index (χ4v) is 2.31. The molecule has 0 aliphatic heterocycles. The molecule has 0 saturated carbocycles. The summed E-state index contributed by atoms with van der Waals surface area (Å²) < 4.78 is 0. The second kappa shape index (κ2) is 6.41. The van der Waals surface area contributed by atoms with E-state index in [1.807, 2.05) is 24.5 Å². The number of nitro groups is 1. The van der Waals surface area contributed by atoms with Gasteiger partial charge in [0.25, 0.3) is 11.6 Å². The molecule has 0 unspecified atom stereocenters. The highest BCUT2D eigenvalue weighted by molar-refractivity contribution is 7.98. The first-order valence-electron chi connectivity index (χ1n) is 6.21. The average Bonchev–Trinajstić information content (AvgIpc) is 2.47. The van der Waals surface area contributed by atoms with E-state index >= 15 is 0 Å². The number of benzene rings is 2. The number of nitro benzene ring substituents is 1. The number of anilines is 1. The van der Waals surface area contributed by atoms with Crippen LogP contribution in [0.4, 0.5) is 11.4 Å². The highest BCUT2D eigenvalue weighted by Crippen LogP contribution is 2.22. The number of aryl methyl sites for hydroxylation is 1. The predicted molar refractivity (Wildman–Crippen MR) is 84.0 cm³/mol. The van der Waals surface area contributed by atoms with Crippen molar-refractivity contribution >= 4 is 29.0 Å². The van der Waals surface area contributed by atoms with Crippen LogP contribution in [0, 0.1) is 17.0 Å². The Morgan fingerprint density at radius 3 is 2.67 bits per heavy atom. The quantitative estimate of drug-likeness (QED) is 0.528. The van der Waals surface area contributed by atoms with Gasteiger partial charge in [-0.05, 0) is 37.4 Å². The maximum atomic E-state index is 12.2. The molecule has 108 valence electrons. The van der Waals surface area contributed by atoms with Crippen LogP contribution in [0.5, 0.6) is 0 Å². The summed E-state index contributed by atoms with van der Waals surface area (Å²) >= 11 is 1.57. The van der Waals surface area contributed by atoms with Crippen LogP contribution in [0.15, 0.2) is 47.4 Å². The SMILES string of the molecule is CSc1cccc(NC(=O)c2ccc(C)c([N+](=O)[O-])c2)c1. The Balaban J connectivity index is 2.24. The number of amides is 1. The van der Waals surface area contributed by atoms with Crippen molar-refractivity contribution in [1.29, 1.82) is 0 Å². The molecule has 0 atom stereocenters. The van der Waals surface area contributed by atoms with E-state index in [4.69, 9.17) is 0 Å². The summed E-state index contributed by atoms with van der Waals surface area (Å²) in [6.45, 7) is 1.64. The summed E-state index contributed by atoms with van der Waals surface area (Å²) in [7, 11) is 0. The zero-order valence-electron chi connectivity index (χ0n) is 11.6. The Morgan fingerprint density at radius 1 is 1.24 bits per heavy atom. The van der Waals surface area contributed by atoms with Gasteiger partial charge in [-0.25, -0.2) is 0 Å². The average molecular weight is 302 g/mol. The topological polar surface area (TPSA) is 72.2 Å². The first kappa shape index (κ1) is 15.1. The number of nitrogens with zero attached hydrogens (tertiary/aromatic N) is 1. The van der Waals surface area contributed by atoms with Crippen molar-refractivity contribution in [2.24, 2.45) is 0 Å². The van der Waals surface area contributed by atoms with E-state index in [9.17, 15) is 14.9 Å². The van der Waals surface area contributed by atoms with Crippen LogP contribution in [0.1, 0.15) is 15.9 Å². The molecule has 0 bridgehead atoms. The summed E-state index contributed by atoms with van der Waals surface area (Å²) in [5.41, 5.74) is 1.40. The summed E-state index contributed by atoms with van der Waals surface area (Å²) in [5, 5.41) is 13.7. The highest BCUT2D eigenvalue weighted by atomic mass is 32.2. The molecule has 2 aromatic carbocycles. The fraction of sp³-hybridized carbons (Fsp3) is 0.133. The van der Waals surface area contributed by atoms with Gasteiger partial charge in [-0.3, -0.25) is 14.9 Å². The molecule has 5 nitrogen and oxygen atoms in total. The first-order chi connectivity index (χ1) is 10.0. The summed E-state index contributed by atoms with van der Waals surface area (Å²) in [6.07, 6.45) is 1.95. The summed E-state index contributed by atoms with van der Waals surface area (Å²) in [4.78, 5) is 23.6. The van der Waals surface area contributed by atoms with Crippen molar-refractivity contribution in [3.05, 3.63) is 63.7 Å². The monoisotopic (exact) mass is 302 g/mol. The molecule has 0 fully saturated rings. The second-order valence-electron chi connectivity index (χ2n) is 4.44. The minimum absolute atomic E-state index is 0.0551. The van der Waals surface area contributed by atoms with Gasteiger partial charge in [-0.2, -0.15) is 0 Å². The second-order valence-corrected chi connectivity index (χ2v) is 5.32. The van der Waals surface area contributed by atoms with E-state index in [0.717, 1.165) is 4.90 Å². The molecule has 0 aromatic heterocycles. The minimum Gasteiger partial charge on any atom is -0.322 e. The predicted octanol–water partition coefficient (Wildman–Crippen LogP) is 3.88. The maximum Gasteiger partial charge on any atom is 0.273 e. The van der Waals surface area contributed by atoms with E-state index in [2.05, 4.69) is 5.32 Å². The van der Waals surface area contributed by atoms with E-state index in [-0.39, 0.29) is 17.2 Å². The number of carbonyl (C=O) groups excluding carboxylic acids is 1. The fourth-order valence-electron chi connectivity index (χ4n) is 1.85. The Morgan fingerprint density at radius 2 is 2.00 bits per heavy atom. The number of carbonyl (C=O) groups is 1. The van der Waals surface area contributed by atoms with Gasteiger partial charge >= 0.3 is 0 Å². The van der Waals surface area contributed by atoms with Crippen molar-refractivity contribution in [1.82, 2.24) is 0 Å². The van der Waals surface area contributed by atoms with Crippen molar-refractivity contribution in [2.75, 3.05) is 11.6 Å². The largest absolute Gasteiger partial charge is 0.322 e. The molecule has 0 aliphatic rings. The molecule has 0 heterocycles. The number of thioether (sulfide) groups is 1. The lowest BCUT2D eigenvalue weighted by atomic mass is 10.1. The van der Waals surface area contributed by atoms with Crippen LogP contribution in [0.25, 0.3) is 0 Å². The molecule has 2 aromatic rings. The van der Waals surface area contributed by atoms with Crippen molar-refractivity contribution in [3.63, 3.8) is 0 Å². The molecule has 0 spiro atoms. The molecule has 0 radical (unpaired) electrons. The lowest BCUT2D eigenvalue weighted by Gasteiger charge is -2.07. The minimum atomic E-state index is -0.486. The Kier molecular flexibility index (Phi) is 4.59. The normalized spacial score (nSPS) is 10.2. The molecule has 2 rings (SSSR count). The first-order valence-corrected chi connectivity index (χ1v) is 7.44. The zero-order valence-corrected chi connectivity index (χ0v) is 12.4. The van der Waals surface area contributed by atoms with E-state index in [1.54, 1.807) is 36.9 Å². The maximum absolute atomic E-state index is 12.2. The van der Waals surface area contributed by atoms with Gasteiger partial charge in [0, 0.05) is 27.8 Å². The molecule has 1 N–H and O–H groups in total. The van der Waals surface area contributed by atoms with Gasteiger partial charge in [0.1, 0.15) is 0 Å². The standard InChI is InChI=1S/C15H14N2O3S/c1-10-6-7-11(8-14(10)17(19)20)15(18)16-12-4-3-5-13(9-12)21-2/h3-9H,1-2H3,(H,16,18). The lowest BCUT2D eigenvalue weighted by molar-refractivity contribution is -0.385. The lowest BCUT2D eigenvalue weighted by Crippen LogP contribution is -2.12. The molecule has 1 amide bonds. The van der Waals surface area contributed by atoms with Crippen molar-refractivity contribution in [2.45, 2.75) is 11.8 Å². The summed E-state index contributed by atoms with van der Waals surface area (Å²) in [6, 6.07) is 11.9. The molecule has 21 heavy (non-hydrogen) atoms.